The molecule has 27 heavy (non-hydrogen) atoms. The van der Waals surface area contributed by atoms with Gasteiger partial charge in [-0.3, -0.25) is 0 Å². The molecule has 0 spiro atoms. The van der Waals surface area contributed by atoms with Gasteiger partial charge in [-0.2, -0.15) is 0 Å². The van der Waals surface area contributed by atoms with Gasteiger partial charge in [-0.25, -0.2) is 8.42 Å². The highest BCUT2D eigenvalue weighted by molar-refractivity contribution is 7.95. The molecular weight excluding hydrogens is 352 g/mol. The number of rotatable bonds is 17. The SMILES string of the molecule is C=C(CCCCCCCCCCCCCCCC)S(=O)(=O)c1ccccc1. The number of allylic oxidation sites excluding steroid dienone is 1. The van der Waals surface area contributed by atoms with Crippen LogP contribution in [0.15, 0.2) is 46.7 Å². The number of sulfone groups is 1. The highest BCUT2D eigenvalue weighted by atomic mass is 32.2. The third-order valence-electron chi connectivity index (χ3n) is 5.24. The molecule has 0 radical (unpaired) electrons. The summed E-state index contributed by atoms with van der Waals surface area (Å²) in [6, 6.07) is 8.63. The van der Waals surface area contributed by atoms with Crippen molar-refractivity contribution < 1.29 is 8.42 Å². The van der Waals surface area contributed by atoms with Crippen LogP contribution < -0.4 is 0 Å². The third kappa shape index (κ3) is 10.7. The van der Waals surface area contributed by atoms with Gasteiger partial charge in [-0.15, -0.1) is 0 Å². The lowest BCUT2D eigenvalue weighted by atomic mass is 10.0. The van der Waals surface area contributed by atoms with E-state index in [0.29, 0.717) is 16.2 Å². The monoisotopic (exact) mass is 392 g/mol. The van der Waals surface area contributed by atoms with E-state index in [1.165, 1.54) is 77.0 Å². The summed E-state index contributed by atoms with van der Waals surface area (Å²) in [4.78, 5) is 0.716. The smallest absolute Gasteiger partial charge is 0.202 e. The van der Waals surface area contributed by atoms with Gasteiger partial charge in [0.25, 0.3) is 0 Å². The van der Waals surface area contributed by atoms with Crippen molar-refractivity contribution >= 4 is 9.84 Å². The molecule has 0 amide bonds. The Hall–Kier alpha value is -1.09. The van der Waals surface area contributed by atoms with Crippen LogP contribution in [0.2, 0.25) is 0 Å². The second-order valence-electron chi connectivity index (χ2n) is 7.70. The van der Waals surface area contributed by atoms with Gasteiger partial charge in [-0.05, 0) is 25.0 Å². The lowest BCUT2D eigenvalue weighted by molar-refractivity contribution is 0.535. The molecule has 0 aliphatic heterocycles. The van der Waals surface area contributed by atoms with Crippen molar-refractivity contribution in [3.05, 3.63) is 41.8 Å². The van der Waals surface area contributed by atoms with E-state index in [-0.39, 0.29) is 0 Å². The Labute approximate surface area is 168 Å². The molecule has 3 heteroatoms. The normalized spacial score (nSPS) is 11.6. The maximum absolute atomic E-state index is 12.4. The number of hydrogen-bond acceptors (Lipinski definition) is 2. The second kappa shape index (κ2) is 14.9. The number of hydrogen-bond donors (Lipinski definition) is 0. The van der Waals surface area contributed by atoms with Crippen LogP contribution in [-0.2, 0) is 9.84 Å². The lowest BCUT2D eigenvalue weighted by Crippen LogP contribution is -2.03. The fourth-order valence-corrected chi connectivity index (χ4v) is 4.68. The van der Waals surface area contributed by atoms with Crippen LogP contribution in [0, 0.1) is 0 Å². The van der Waals surface area contributed by atoms with Crippen molar-refractivity contribution in [1.82, 2.24) is 0 Å². The average molecular weight is 393 g/mol. The third-order valence-corrected chi connectivity index (χ3v) is 7.10. The minimum atomic E-state index is -3.35. The van der Waals surface area contributed by atoms with E-state index in [2.05, 4.69) is 13.5 Å². The lowest BCUT2D eigenvalue weighted by Gasteiger charge is -2.08. The molecule has 1 aromatic rings. The quantitative estimate of drug-likeness (QED) is 0.253. The van der Waals surface area contributed by atoms with Gasteiger partial charge in [0.15, 0.2) is 0 Å². The second-order valence-corrected chi connectivity index (χ2v) is 9.76. The molecule has 1 aromatic carbocycles. The van der Waals surface area contributed by atoms with Gasteiger partial charge in [0, 0.05) is 4.91 Å². The first-order valence-electron chi connectivity index (χ1n) is 11.1. The number of unbranched alkanes of at least 4 members (excludes halogenated alkanes) is 13. The zero-order valence-electron chi connectivity index (χ0n) is 17.4. The molecule has 0 bridgehead atoms. The minimum absolute atomic E-state index is 0.354. The molecule has 0 aromatic heterocycles. The Kier molecular flexibility index (Phi) is 13.2. The van der Waals surface area contributed by atoms with Crippen molar-refractivity contribution in [3.8, 4) is 0 Å². The van der Waals surface area contributed by atoms with Crippen LogP contribution in [0.1, 0.15) is 103 Å². The summed E-state index contributed by atoms with van der Waals surface area (Å²) in [6.07, 6.45) is 18.9. The molecule has 0 unspecified atom stereocenters. The van der Waals surface area contributed by atoms with Crippen LogP contribution in [0.4, 0.5) is 0 Å². The predicted octanol–water partition coefficient (Wildman–Crippen LogP) is 7.85. The summed E-state index contributed by atoms with van der Waals surface area (Å²) in [5.74, 6) is 0. The van der Waals surface area contributed by atoms with Gasteiger partial charge in [0.05, 0.1) is 4.90 Å². The molecule has 0 saturated carbocycles. The molecule has 0 aliphatic rings. The molecule has 154 valence electrons. The highest BCUT2D eigenvalue weighted by Crippen LogP contribution is 2.22. The predicted molar refractivity (Wildman–Crippen MR) is 118 cm³/mol. The van der Waals surface area contributed by atoms with Crippen LogP contribution in [0.25, 0.3) is 0 Å². The Morgan fingerprint density at radius 3 is 1.56 bits per heavy atom. The first kappa shape index (κ1) is 23.9. The maximum Gasteiger partial charge on any atom is 0.202 e. The molecule has 0 aliphatic carbocycles. The van der Waals surface area contributed by atoms with Gasteiger partial charge in [0.1, 0.15) is 0 Å². The summed E-state index contributed by atoms with van der Waals surface area (Å²) in [5.41, 5.74) is 0. The fraction of sp³-hybridized carbons (Fsp3) is 0.667. The van der Waals surface area contributed by atoms with Crippen molar-refractivity contribution in [2.75, 3.05) is 0 Å². The van der Waals surface area contributed by atoms with Crippen molar-refractivity contribution in [2.45, 2.75) is 108 Å². The topological polar surface area (TPSA) is 34.1 Å². The molecule has 0 fully saturated rings. The van der Waals surface area contributed by atoms with E-state index >= 15 is 0 Å². The zero-order valence-corrected chi connectivity index (χ0v) is 18.2. The Morgan fingerprint density at radius 1 is 0.704 bits per heavy atom. The minimum Gasteiger partial charge on any atom is -0.219 e. The molecule has 2 nitrogen and oxygen atoms in total. The van der Waals surface area contributed by atoms with Gasteiger partial charge in [-0.1, -0.05) is 115 Å². The van der Waals surface area contributed by atoms with Crippen molar-refractivity contribution in [1.29, 1.82) is 0 Å². The van der Waals surface area contributed by atoms with E-state index in [4.69, 9.17) is 0 Å². The Bertz CT molecular complexity index is 590. The number of benzene rings is 1. The molecule has 1 rings (SSSR count). The van der Waals surface area contributed by atoms with E-state index < -0.39 is 9.84 Å². The summed E-state index contributed by atoms with van der Waals surface area (Å²) in [7, 11) is -3.35. The van der Waals surface area contributed by atoms with E-state index in [9.17, 15) is 8.42 Å². The largest absolute Gasteiger partial charge is 0.219 e. The van der Waals surface area contributed by atoms with Gasteiger partial charge in [0.2, 0.25) is 9.84 Å². The molecule has 0 N–H and O–H groups in total. The van der Waals surface area contributed by atoms with E-state index in [1.807, 2.05) is 6.07 Å². The first-order valence-corrected chi connectivity index (χ1v) is 12.5. The molecule has 0 saturated heterocycles. The molecule has 0 heterocycles. The van der Waals surface area contributed by atoms with Crippen LogP contribution in [0.3, 0.4) is 0 Å². The fourth-order valence-electron chi connectivity index (χ4n) is 3.42. The summed E-state index contributed by atoms with van der Waals surface area (Å²) in [5, 5.41) is 0. The van der Waals surface area contributed by atoms with Crippen LogP contribution in [0.5, 0.6) is 0 Å². The standard InChI is InChI=1S/C24H40O2S/c1-3-4-5-6-7-8-9-10-11-12-13-14-15-17-20-23(2)27(25,26)24-21-18-16-19-22-24/h16,18-19,21-22H,2-15,17,20H2,1H3. The van der Waals surface area contributed by atoms with Crippen molar-refractivity contribution in [3.63, 3.8) is 0 Å². The Balaban J connectivity index is 1.96. The summed E-state index contributed by atoms with van der Waals surface area (Å²) < 4.78 is 24.8. The molecule has 0 atom stereocenters. The molecular formula is C24H40O2S. The first-order chi connectivity index (χ1) is 13.1. The maximum atomic E-state index is 12.4. The van der Waals surface area contributed by atoms with E-state index in [0.717, 1.165) is 12.8 Å². The van der Waals surface area contributed by atoms with Crippen LogP contribution >= 0.6 is 0 Å². The average Bonchev–Trinajstić information content (AvgIpc) is 2.68. The summed E-state index contributed by atoms with van der Waals surface area (Å²) in [6.45, 7) is 6.08. The Morgan fingerprint density at radius 2 is 1.11 bits per heavy atom. The van der Waals surface area contributed by atoms with E-state index in [1.54, 1.807) is 24.3 Å². The van der Waals surface area contributed by atoms with Crippen LogP contribution in [-0.4, -0.2) is 8.42 Å². The van der Waals surface area contributed by atoms with Gasteiger partial charge < -0.3 is 0 Å². The highest BCUT2D eigenvalue weighted by Gasteiger charge is 2.17. The van der Waals surface area contributed by atoms with Crippen molar-refractivity contribution in [2.24, 2.45) is 0 Å². The summed E-state index contributed by atoms with van der Waals surface area (Å²) >= 11 is 0. The van der Waals surface area contributed by atoms with Gasteiger partial charge >= 0.3 is 0 Å². The zero-order chi connectivity index (χ0) is 19.8.